The van der Waals surface area contributed by atoms with Crippen LogP contribution in [0.25, 0.3) is 0 Å². The zero-order valence-corrected chi connectivity index (χ0v) is 16.7. The van der Waals surface area contributed by atoms with Crippen molar-refractivity contribution in [2.24, 2.45) is 4.99 Å². The third-order valence-electron chi connectivity index (χ3n) is 4.80. The summed E-state index contributed by atoms with van der Waals surface area (Å²) in [5, 5.41) is 6.96. The number of nitrogens with zero attached hydrogens (tertiary/aromatic N) is 1. The molecule has 1 fully saturated rings. The summed E-state index contributed by atoms with van der Waals surface area (Å²) in [5.74, 6) is 1.48. The third-order valence-corrected chi connectivity index (χ3v) is 4.80. The minimum absolute atomic E-state index is 0.406. The maximum absolute atomic E-state index is 5.40. The lowest BCUT2D eigenvalue weighted by Gasteiger charge is -2.15. The maximum atomic E-state index is 5.40. The van der Waals surface area contributed by atoms with Gasteiger partial charge in [-0.25, -0.2) is 4.99 Å². The van der Waals surface area contributed by atoms with Crippen molar-refractivity contribution in [3.8, 4) is 0 Å². The summed E-state index contributed by atoms with van der Waals surface area (Å²) >= 11 is 0. The number of hydrogen-bond donors (Lipinski definition) is 2. The average molecular weight is 350 g/mol. The van der Waals surface area contributed by atoms with Gasteiger partial charge in [0.25, 0.3) is 0 Å². The van der Waals surface area contributed by atoms with Crippen molar-refractivity contribution in [2.75, 3.05) is 13.7 Å². The number of unbranched alkanes of at least 4 members (excludes halogenated alkanes) is 2. The van der Waals surface area contributed by atoms with Gasteiger partial charge in [-0.2, -0.15) is 0 Å². The van der Waals surface area contributed by atoms with Crippen LogP contribution >= 0.6 is 0 Å². The Bertz CT molecular complexity index is 409. The van der Waals surface area contributed by atoms with Crippen molar-refractivity contribution in [3.63, 3.8) is 0 Å². The molecule has 0 amide bonds. The van der Waals surface area contributed by atoms with Gasteiger partial charge in [-0.3, -0.25) is 0 Å². The molecule has 1 aliphatic rings. The van der Waals surface area contributed by atoms with E-state index in [9.17, 15) is 0 Å². The van der Waals surface area contributed by atoms with Gasteiger partial charge in [-0.05, 0) is 32.3 Å². The first-order chi connectivity index (χ1) is 12.2. The monoisotopic (exact) mass is 349 g/mol. The fourth-order valence-electron chi connectivity index (χ4n) is 3.23. The third kappa shape index (κ3) is 11.0. The highest BCUT2D eigenvalue weighted by molar-refractivity contribution is 5.76. The molecule has 0 heterocycles. The number of allylic oxidation sites excluding steroid dienone is 1. The molecular formula is C21H39N3O. The van der Waals surface area contributed by atoms with Crippen molar-refractivity contribution < 1.29 is 4.74 Å². The lowest BCUT2D eigenvalue weighted by Crippen LogP contribution is -2.28. The van der Waals surface area contributed by atoms with Crippen LogP contribution in [0.15, 0.2) is 29.2 Å². The zero-order valence-electron chi connectivity index (χ0n) is 16.7. The van der Waals surface area contributed by atoms with Crippen LogP contribution in [0.5, 0.6) is 0 Å². The summed E-state index contributed by atoms with van der Waals surface area (Å²) < 4.78 is 5.40. The molecule has 0 aromatic heterocycles. The Morgan fingerprint density at radius 1 is 1.24 bits per heavy atom. The Balaban J connectivity index is 2.31. The summed E-state index contributed by atoms with van der Waals surface area (Å²) in [4.78, 5) is 4.39. The van der Waals surface area contributed by atoms with Gasteiger partial charge in [0.2, 0.25) is 0 Å². The zero-order chi connectivity index (χ0) is 18.3. The normalized spacial score (nSPS) is 18.1. The summed E-state index contributed by atoms with van der Waals surface area (Å²) in [5.41, 5.74) is 0. The highest BCUT2D eigenvalue weighted by atomic mass is 16.5. The highest BCUT2D eigenvalue weighted by Gasteiger charge is 2.10. The minimum atomic E-state index is 0.406. The molecule has 1 atom stereocenters. The van der Waals surface area contributed by atoms with Crippen LogP contribution in [-0.2, 0) is 4.74 Å². The molecule has 4 heteroatoms. The highest BCUT2D eigenvalue weighted by Crippen LogP contribution is 2.17. The fourth-order valence-corrected chi connectivity index (χ4v) is 3.23. The average Bonchev–Trinajstić information content (AvgIpc) is 2.87. The lowest BCUT2D eigenvalue weighted by atomic mass is 10.1. The van der Waals surface area contributed by atoms with E-state index < -0.39 is 0 Å². The quantitative estimate of drug-likeness (QED) is 0.227. The van der Waals surface area contributed by atoms with Crippen LogP contribution in [0.2, 0.25) is 0 Å². The van der Waals surface area contributed by atoms with E-state index in [2.05, 4.69) is 42.1 Å². The molecule has 25 heavy (non-hydrogen) atoms. The van der Waals surface area contributed by atoms with Crippen LogP contribution in [0.1, 0.15) is 78.1 Å². The molecule has 1 saturated carbocycles. The maximum Gasteiger partial charge on any atom is 0.134 e. The van der Waals surface area contributed by atoms with Gasteiger partial charge in [-0.15, -0.1) is 0 Å². The van der Waals surface area contributed by atoms with Crippen LogP contribution < -0.4 is 10.6 Å². The van der Waals surface area contributed by atoms with Crippen LogP contribution in [0.3, 0.4) is 0 Å². The molecule has 2 N–H and O–H groups in total. The Morgan fingerprint density at radius 2 is 1.96 bits per heavy atom. The van der Waals surface area contributed by atoms with Crippen LogP contribution in [-0.4, -0.2) is 32.0 Å². The Labute approximate surface area is 155 Å². The van der Waals surface area contributed by atoms with E-state index in [0.29, 0.717) is 17.9 Å². The van der Waals surface area contributed by atoms with Gasteiger partial charge in [0.1, 0.15) is 11.6 Å². The molecule has 0 aliphatic heterocycles. The molecule has 0 bridgehead atoms. The van der Waals surface area contributed by atoms with Gasteiger partial charge < -0.3 is 15.4 Å². The van der Waals surface area contributed by atoms with Crippen molar-refractivity contribution in [1.82, 2.24) is 10.6 Å². The van der Waals surface area contributed by atoms with E-state index in [1.807, 2.05) is 0 Å². The van der Waals surface area contributed by atoms with Gasteiger partial charge >= 0.3 is 0 Å². The molecule has 0 aromatic rings. The minimum Gasteiger partial charge on any atom is -0.495 e. The van der Waals surface area contributed by atoms with Crippen LogP contribution in [0.4, 0.5) is 0 Å². The number of aliphatic imine (C=N–C) groups is 1. The van der Waals surface area contributed by atoms with Gasteiger partial charge in [0.05, 0.1) is 13.3 Å². The first-order valence-corrected chi connectivity index (χ1v) is 10.1. The SMILES string of the molecule is C=C(/N=C\C(=C/CNC1CCCCCC1)OC)NC(C)CCCCC. The fraction of sp³-hybridized carbons (Fsp3) is 0.762. The van der Waals surface area contributed by atoms with E-state index in [1.54, 1.807) is 13.3 Å². The largest absolute Gasteiger partial charge is 0.495 e. The van der Waals surface area contributed by atoms with Crippen LogP contribution in [0, 0.1) is 0 Å². The smallest absolute Gasteiger partial charge is 0.134 e. The predicted octanol–water partition coefficient (Wildman–Crippen LogP) is 4.93. The molecule has 4 nitrogen and oxygen atoms in total. The van der Waals surface area contributed by atoms with E-state index in [4.69, 9.17) is 4.74 Å². The number of nitrogens with one attached hydrogen (secondary N) is 2. The number of rotatable bonds is 12. The van der Waals surface area contributed by atoms with E-state index in [0.717, 1.165) is 18.7 Å². The topological polar surface area (TPSA) is 45.7 Å². The van der Waals surface area contributed by atoms with E-state index >= 15 is 0 Å². The molecule has 0 spiro atoms. The second-order valence-electron chi connectivity index (χ2n) is 7.15. The lowest BCUT2D eigenvalue weighted by molar-refractivity contribution is 0.315. The van der Waals surface area contributed by atoms with E-state index in [1.165, 1.54) is 57.8 Å². The number of hydrogen-bond acceptors (Lipinski definition) is 4. The van der Waals surface area contributed by atoms with Crippen molar-refractivity contribution in [3.05, 3.63) is 24.2 Å². The first kappa shape index (κ1) is 21.8. The van der Waals surface area contributed by atoms with Crippen molar-refractivity contribution >= 4 is 6.21 Å². The Morgan fingerprint density at radius 3 is 2.60 bits per heavy atom. The van der Waals surface area contributed by atoms with Crippen molar-refractivity contribution in [2.45, 2.75) is 90.1 Å². The summed E-state index contributed by atoms with van der Waals surface area (Å²) in [6.45, 7) is 9.22. The van der Waals surface area contributed by atoms with Gasteiger partial charge in [0.15, 0.2) is 0 Å². The molecule has 144 valence electrons. The predicted molar refractivity (Wildman–Crippen MR) is 109 cm³/mol. The summed E-state index contributed by atoms with van der Waals surface area (Å²) in [6.07, 6.45) is 16.8. The summed E-state index contributed by atoms with van der Waals surface area (Å²) in [6, 6.07) is 1.05. The van der Waals surface area contributed by atoms with E-state index in [-0.39, 0.29) is 0 Å². The molecule has 0 aromatic carbocycles. The van der Waals surface area contributed by atoms with Gasteiger partial charge in [0, 0.05) is 18.6 Å². The molecule has 1 rings (SSSR count). The number of ether oxygens (including phenoxy) is 1. The van der Waals surface area contributed by atoms with Crippen molar-refractivity contribution in [1.29, 1.82) is 0 Å². The second-order valence-corrected chi connectivity index (χ2v) is 7.15. The second kappa shape index (κ2) is 13.9. The number of methoxy groups -OCH3 is 1. The molecule has 0 radical (unpaired) electrons. The molecular weight excluding hydrogens is 310 g/mol. The molecule has 1 unspecified atom stereocenters. The Kier molecular flexibility index (Phi) is 12.1. The molecule has 1 aliphatic carbocycles. The first-order valence-electron chi connectivity index (χ1n) is 10.1. The van der Waals surface area contributed by atoms with Gasteiger partial charge in [-0.1, -0.05) is 58.4 Å². The standard InChI is InChI=1S/C21H39N3O/c1-5-6-9-12-18(2)24-19(3)23-17-21(25-4)15-16-22-20-13-10-7-8-11-14-20/h15,17-18,20,22,24H,3,5-14,16H2,1-2,4H3/b21-15+,23-17-. The summed E-state index contributed by atoms with van der Waals surface area (Å²) in [7, 11) is 1.69. The Hall–Kier alpha value is -1.29. The molecule has 0 saturated heterocycles.